The second-order valence-corrected chi connectivity index (χ2v) is 6.15. The van der Waals surface area contributed by atoms with Crippen molar-refractivity contribution < 1.29 is 4.79 Å². The summed E-state index contributed by atoms with van der Waals surface area (Å²) in [5.74, 6) is -0.421. The third-order valence-corrected chi connectivity index (χ3v) is 4.49. The van der Waals surface area contributed by atoms with Crippen molar-refractivity contribution in [3.05, 3.63) is 95.7 Å². The van der Waals surface area contributed by atoms with E-state index in [1.54, 1.807) is 0 Å². The molecule has 1 aromatic heterocycles. The minimum atomic E-state index is -0.421. The molecule has 1 heterocycles. The van der Waals surface area contributed by atoms with Gasteiger partial charge in [-0.2, -0.15) is 0 Å². The van der Waals surface area contributed by atoms with Gasteiger partial charge in [-0.1, -0.05) is 54.6 Å². The van der Waals surface area contributed by atoms with Gasteiger partial charge in [-0.15, -0.1) is 0 Å². The van der Waals surface area contributed by atoms with Gasteiger partial charge in [-0.05, 0) is 46.9 Å². The SMILES string of the molecule is NC(=O)c1cc(-c2ccccc2Cc2ccccc2)cc2cc[nH]c12. The highest BCUT2D eigenvalue weighted by atomic mass is 16.1. The number of H-pyrrole nitrogens is 1. The maximum Gasteiger partial charge on any atom is 0.250 e. The molecule has 3 aromatic carbocycles. The molecule has 0 aliphatic heterocycles. The van der Waals surface area contributed by atoms with E-state index in [9.17, 15) is 4.79 Å². The van der Waals surface area contributed by atoms with Gasteiger partial charge in [0.1, 0.15) is 0 Å². The lowest BCUT2D eigenvalue weighted by Crippen LogP contribution is -2.11. The van der Waals surface area contributed by atoms with Crippen LogP contribution < -0.4 is 5.73 Å². The van der Waals surface area contributed by atoms with Crippen LogP contribution in [0.5, 0.6) is 0 Å². The van der Waals surface area contributed by atoms with Crippen LogP contribution in [0.1, 0.15) is 21.5 Å². The lowest BCUT2D eigenvalue weighted by molar-refractivity contribution is 0.100. The summed E-state index contributed by atoms with van der Waals surface area (Å²) in [6.07, 6.45) is 2.67. The molecule has 0 atom stereocenters. The van der Waals surface area contributed by atoms with Gasteiger partial charge in [-0.25, -0.2) is 0 Å². The summed E-state index contributed by atoms with van der Waals surface area (Å²) in [7, 11) is 0. The number of benzene rings is 3. The monoisotopic (exact) mass is 326 g/mol. The van der Waals surface area contributed by atoms with Crippen molar-refractivity contribution in [3.63, 3.8) is 0 Å². The van der Waals surface area contributed by atoms with Gasteiger partial charge < -0.3 is 10.7 Å². The van der Waals surface area contributed by atoms with Crippen molar-refractivity contribution in [2.24, 2.45) is 5.73 Å². The molecule has 0 fully saturated rings. The smallest absolute Gasteiger partial charge is 0.250 e. The Morgan fingerprint density at radius 3 is 2.48 bits per heavy atom. The number of carbonyl (C=O) groups is 1. The van der Waals surface area contributed by atoms with Crippen molar-refractivity contribution >= 4 is 16.8 Å². The van der Waals surface area contributed by atoms with Crippen LogP contribution in [0.25, 0.3) is 22.0 Å². The summed E-state index contributed by atoms with van der Waals surface area (Å²) >= 11 is 0. The number of aromatic amines is 1. The first-order valence-corrected chi connectivity index (χ1v) is 8.25. The average molecular weight is 326 g/mol. The number of aromatic nitrogens is 1. The second-order valence-electron chi connectivity index (χ2n) is 6.15. The van der Waals surface area contributed by atoms with Crippen LogP contribution in [0.4, 0.5) is 0 Å². The van der Waals surface area contributed by atoms with Crippen molar-refractivity contribution in [2.45, 2.75) is 6.42 Å². The molecule has 122 valence electrons. The number of carbonyl (C=O) groups excluding carboxylic acids is 1. The van der Waals surface area contributed by atoms with Gasteiger partial charge in [0.25, 0.3) is 5.91 Å². The van der Waals surface area contributed by atoms with E-state index in [-0.39, 0.29) is 0 Å². The van der Waals surface area contributed by atoms with E-state index < -0.39 is 5.91 Å². The van der Waals surface area contributed by atoms with Crippen LogP contribution in [0.2, 0.25) is 0 Å². The number of hydrogen-bond acceptors (Lipinski definition) is 1. The maximum absolute atomic E-state index is 11.9. The molecule has 0 saturated carbocycles. The zero-order valence-electron chi connectivity index (χ0n) is 13.7. The molecule has 0 radical (unpaired) electrons. The second kappa shape index (κ2) is 6.29. The lowest BCUT2D eigenvalue weighted by Gasteiger charge is -2.12. The van der Waals surface area contributed by atoms with Crippen molar-refractivity contribution in [1.82, 2.24) is 4.98 Å². The van der Waals surface area contributed by atoms with E-state index in [2.05, 4.69) is 47.4 Å². The van der Waals surface area contributed by atoms with Gasteiger partial charge in [-0.3, -0.25) is 4.79 Å². The molecule has 0 aliphatic rings. The standard InChI is InChI=1S/C22H18N2O/c23-22(25)20-14-18(13-17-10-11-24-21(17)20)19-9-5-4-8-16(19)12-15-6-2-1-3-7-15/h1-11,13-14,24H,12H2,(H2,23,25). The number of nitrogens with one attached hydrogen (secondary N) is 1. The Hall–Kier alpha value is -3.33. The fraction of sp³-hybridized carbons (Fsp3) is 0.0455. The zero-order chi connectivity index (χ0) is 17.2. The molecule has 0 unspecified atom stereocenters. The van der Waals surface area contributed by atoms with E-state index in [1.165, 1.54) is 11.1 Å². The number of amides is 1. The molecule has 3 nitrogen and oxygen atoms in total. The van der Waals surface area contributed by atoms with Gasteiger partial charge in [0, 0.05) is 11.6 Å². The van der Waals surface area contributed by atoms with E-state index >= 15 is 0 Å². The number of nitrogens with two attached hydrogens (primary N) is 1. The molecular formula is C22H18N2O. The third-order valence-electron chi connectivity index (χ3n) is 4.49. The van der Waals surface area contributed by atoms with Gasteiger partial charge in [0.05, 0.1) is 11.1 Å². The van der Waals surface area contributed by atoms with Crippen LogP contribution in [0.3, 0.4) is 0 Å². The van der Waals surface area contributed by atoms with Crippen molar-refractivity contribution in [1.29, 1.82) is 0 Å². The fourth-order valence-corrected chi connectivity index (χ4v) is 3.29. The van der Waals surface area contributed by atoms with E-state index in [1.807, 2.05) is 36.5 Å². The topological polar surface area (TPSA) is 58.9 Å². The normalized spacial score (nSPS) is 10.9. The Morgan fingerprint density at radius 2 is 1.68 bits per heavy atom. The molecular weight excluding hydrogens is 308 g/mol. The molecule has 25 heavy (non-hydrogen) atoms. The minimum Gasteiger partial charge on any atom is -0.366 e. The Labute approximate surface area is 146 Å². The molecule has 3 heteroatoms. The summed E-state index contributed by atoms with van der Waals surface area (Å²) < 4.78 is 0. The quantitative estimate of drug-likeness (QED) is 0.569. The highest BCUT2D eigenvalue weighted by Crippen LogP contribution is 2.30. The van der Waals surface area contributed by atoms with Gasteiger partial charge >= 0.3 is 0 Å². The molecule has 0 bridgehead atoms. The van der Waals surface area contributed by atoms with E-state index in [0.29, 0.717) is 5.56 Å². The summed E-state index contributed by atoms with van der Waals surface area (Å²) in [5.41, 5.74) is 11.5. The van der Waals surface area contributed by atoms with Crippen LogP contribution in [0.15, 0.2) is 79.0 Å². The van der Waals surface area contributed by atoms with E-state index in [0.717, 1.165) is 28.5 Å². The molecule has 0 saturated heterocycles. The van der Waals surface area contributed by atoms with Crippen LogP contribution in [-0.4, -0.2) is 10.9 Å². The Balaban J connectivity index is 1.85. The van der Waals surface area contributed by atoms with Crippen molar-refractivity contribution in [3.8, 4) is 11.1 Å². The average Bonchev–Trinajstić information content (AvgIpc) is 3.10. The predicted octanol–water partition coefficient (Wildman–Crippen LogP) is 4.52. The molecule has 4 aromatic rings. The number of fused-ring (bicyclic) bond motifs is 1. The Bertz CT molecular complexity index is 1050. The lowest BCUT2D eigenvalue weighted by atomic mass is 9.93. The summed E-state index contributed by atoms with van der Waals surface area (Å²) in [6.45, 7) is 0. The highest BCUT2D eigenvalue weighted by molar-refractivity contribution is 6.06. The van der Waals surface area contributed by atoms with E-state index in [4.69, 9.17) is 5.73 Å². The van der Waals surface area contributed by atoms with Crippen LogP contribution in [-0.2, 0) is 6.42 Å². The Kier molecular flexibility index (Phi) is 3.82. The molecule has 1 amide bonds. The number of rotatable bonds is 4. The fourth-order valence-electron chi connectivity index (χ4n) is 3.29. The number of primary amides is 1. The first-order chi connectivity index (χ1) is 12.2. The summed E-state index contributed by atoms with van der Waals surface area (Å²) in [4.78, 5) is 15.0. The third kappa shape index (κ3) is 2.92. The van der Waals surface area contributed by atoms with Gasteiger partial charge in [0.2, 0.25) is 0 Å². The molecule has 0 spiro atoms. The summed E-state index contributed by atoms with van der Waals surface area (Å²) in [5, 5.41) is 0.987. The minimum absolute atomic E-state index is 0.421. The Morgan fingerprint density at radius 1 is 0.920 bits per heavy atom. The first kappa shape index (κ1) is 15.2. The predicted molar refractivity (Wildman–Crippen MR) is 102 cm³/mol. The number of hydrogen-bond donors (Lipinski definition) is 2. The molecule has 0 aliphatic carbocycles. The molecule has 4 rings (SSSR count). The van der Waals surface area contributed by atoms with Gasteiger partial charge in [0.15, 0.2) is 0 Å². The largest absolute Gasteiger partial charge is 0.366 e. The van der Waals surface area contributed by atoms with Crippen molar-refractivity contribution in [2.75, 3.05) is 0 Å². The van der Waals surface area contributed by atoms with Crippen LogP contribution in [0, 0.1) is 0 Å². The maximum atomic E-state index is 11.9. The first-order valence-electron chi connectivity index (χ1n) is 8.25. The zero-order valence-corrected chi connectivity index (χ0v) is 13.7. The highest BCUT2D eigenvalue weighted by Gasteiger charge is 2.13. The van der Waals surface area contributed by atoms with Crippen LogP contribution >= 0.6 is 0 Å². The molecule has 3 N–H and O–H groups in total. The summed E-state index contributed by atoms with van der Waals surface area (Å²) in [6, 6.07) is 24.6.